The summed E-state index contributed by atoms with van der Waals surface area (Å²) in [4.78, 5) is 22.2. The van der Waals surface area contributed by atoms with Gasteiger partial charge in [-0.2, -0.15) is 0 Å². The minimum atomic E-state index is -0.532. The number of alkyl carbamates (subject to hydrolysis) is 1. The number of rotatable bonds is 7. The highest BCUT2D eigenvalue weighted by molar-refractivity contribution is 5.67. The molecule has 2 N–H and O–H groups in total. The fraction of sp³-hybridized carbons (Fsp3) is 0.588. The number of nitro groups is 1. The third-order valence-corrected chi connectivity index (χ3v) is 3.33. The van der Waals surface area contributed by atoms with Gasteiger partial charge in [0.25, 0.3) is 5.69 Å². The third-order valence-electron chi connectivity index (χ3n) is 3.33. The first-order valence-electron chi connectivity index (χ1n) is 8.09. The van der Waals surface area contributed by atoms with Crippen molar-refractivity contribution in [3.63, 3.8) is 0 Å². The molecule has 0 aliphatic rings. The lowest BCUT2D eigenvalue weighted by atomic mass is 10.0. The minimum Gasteiger partial charge on any atom is -0.444 e. The average molecular weight is 337 g/mol. The zero-order valence-electron chi connectivity index (χ0n) is 15.0. The number of ether oxygens (including phenoxy) is 1. The minimum absolute atomic E-state index is 0.0123. The molecule has 7 heteroatoms. The molecular formula is C17H27N3O4. The second kappa shape index (κ2) is 8.63. The van der Waals surface area contributed by atoms with Crippen molar-refractivity contribution in [3.8, 4) is 0 Å². The van der Waals surface area contributed by atoms with Crippen molar-refractivity contribution in [2.45, 2.75) is 58.7 Å². The van der Waals surface area contributed by atoms with Crippen LogP contribution in [-0.2, 0) is 4.74 Å². The van der Waals surface area contributed by atoms with Crippen molar-refractivity contribution in [2.24, 2.45) is 0 Å². The van der Waals surface area contributed by atoms with Gasteiger partial charge in [0.1, 0.15) is 5.60 Å². The first-order chi connectivity index (χ1) is 11.1. The predicted octanol–water partition coefficient (Wildman–Crippen LogP) is 3.55. The van der Waals surface area contributed by atoms with Crippen LogP contribution in [0.15, 0.2) is 24.3 Å². The molecule has 2 unspecified atom stereocenters. The summed E-state index contributed by atoms with van der Waals surface area (Å²) >= 11 is 0. The molecule has 0 bridgehead atoms. The summed E-state index contributed by atoms with van der Waals surface area (Å²) in [5.41, 5.74) is 0.401. The van der Waals surface area contributed by atoms with Crippen molar-refractivity contribution in [1.29, 1.82) is 0 Å². The number of amides is 1. The van der Waals surface area contributed by atoms with Crippen LogP contribution in [-0.4, -0.2) is 29.2 Å². The molecule has 0 spiro atoms. The van der Waals surface area contributed by atoms with E-state index in [0.717, 1.165) is 12.0 Å². The first kappa shape index (κ1) is 19.9. The van der Waals surface area contributed by atoms with E-state index in [-0.39, 0.29) is 17.8 Å². The Morgan fingerprint density at radius 3 is 2.58 bits per heavy atom. The summed E-state index contributed by atoms with van der Waals surface area (Å²) in [6.07, 6.45) is 0.317. The molecule has 134 valence electrons. The van der Waals surface area contributed by atoms with Crippen LogP contribution < -0.4 is 10.6 Å². The second-order valence-electron chi connectivity index (χ2n) is 6.76. The van der Waals surface area contributed by atoms with Gasteiger partial charge in [-0.1, -0.05) is 19.1 Å². The van der Waals surface area contributed by atoms with E-state index in [1.54, 1.807) is 12.1 Å². The highest BCUT2D eigenvalue weighted by atomic mass is 16.6. The summed E-state index contributed by atoms with van der Waals surface area (Å²) in [5, 5.41) is 17.0. The van der Waals surface area contributed by atoms with Gasteiger partial charge >= 0.3 is 6.09 Å². The number of carbonyl (C=O) groups is 1. The maximum Gasteiger partial charge on any atom is 0.407 e. The predicted molar refractivity (Wildman–Crippen MR) is 93.0 cm³/mol. The van der Waals surface area contributed by atoms with Gasteiger partial charge in [0, 0.05) is 30.8 Å². The van der Waals surface area contributed by atoms with Crippen LogP contribution in [0.5, 0.6) is 0 Å². The van der Waals surface area contributed by atoms with Crippen LogP contribution in [0.4, 0.5) is 10.5 Å². The number of nitrogens with zero attached hydrogens (tertiary/aromatic N) is 1. The van der Waals surface area contributed by atoms with Crippen LogP contribution in [0.1, 0.15) is 52.6 Å². The maximum absolute atomic E-state index is 11.7. The SMILES string of the molecule is CCC(NC(C)CNC(=O)OC(C)(C)C)c1cccc([N+](=O)[O-])c1. The fourth-order valence-corrected chi connectivity index (χ4v) is 2.26. The molecule has 1 amide bonds. The fourth-order valence-electron chi connectivity index (χ4n) is 2.26. The molecule has 0 saturated heterocycles. The highest BCUT2D eigenvalue weighted by Gasteiger charge is 2.18. The number of hydrogen-bond acceptors (Lipinski definition) is 5. The van der Waals surface area contributed by atoms with E-state index in [1.165, 1.54) is 6.07 Å². The number of hydrogen-bond donors (Lipinski definition) is 2. The Labute approximate surface area is 142 Å². The largest absolute Gasteiger partial charge is 0.444 e. The summed E-state index contributed by atoms with van der Waals surface area (Å²) in [6, 6.07) is 6.56. The maximum atomic E-state index is 11.7. The Kier molecular flexibility index (Phi) is 7.16. The standard InChI is InChI=1S/C17H27N3O4/c1-6-15(13-8-7-9-14(10-13)20(22)23)19-12(2)11-18-16(21)24-17(3,4)5/h7-10,12,15,19H,6,11H2,1-5H3,(H,18,21). The van der Waals surface area contributed by atoms with Crippen molar-refractivity contribution >= 4 is 11.8 Å². The summed E-state index contributed by atoms with van der Waals surface area (Å²) in [7, 11) is 0. The van der Waals surface area contributed by atoms with Gasteiger partial charge in [-0.05, 0) is 39.7 Å². The van der Waals surface area contributed by atoms with E-state index in [4.69, 9.17) is 4.74 Å². The normalized spacial score (nSPS) is 13.9. The van der Waals surface area contributed by atoms with E-state index in [9.17, 15) is 14.9 Å². The van der Waals surface area contributed by atoms with Crippen LogP contribution in [0.25, 0.3) is 0 Å². The third kappa shape index (κ3) is 6.95. The summed E-state index contributed by atoms with van der Waals surface area (Å²) in [6.45, 7) is 9.78. The molecular weight excluding hydrogens is 310 g/mol. The lowest BCUT2D eigenvalue weighted by Gasteiger charge is -2.24. The topological polar surface area (TPSA) is 93.5 Å². The Morgan fingerprint density at radius 2 is 2.04 bits per heavy atom. The second-order valence-corrected chi connectivity index (χ2v) is 6.76. The van der Waals surface area contributed by atoms with E-state index in [2.05, 4.69) is 10.6 Å². The van der Waals surface area contributed by atoms with Crippen molar-refractivity contribution < 1.29 is 14.5 Å². The van der Waals surface area contributed by atoms with Crippen molar-refractivity contribution in [3.05, 3.63) is 39.9 Å². The number of carbonyl (C=O) groups excluding carboxylic acids is 1. The molecule has 2 atom stereocenters. The lowest BCUT2D eigenvalue weighted by Crippen LogP contribution is -2.42. The number of benzene rings is 1. The highest BCUT2D eigenvalue weighted by Crippen LogP contribution is 2.22. The van der Waals surface area contributed by atoms with Crippen LogP contribution >= 0.6 is 0 Å². The molecule has 0 radical (unpaired) electrons. The molecule has 0 fully saturated rings. The Bertz CT molecular complexity index is 569. The van der Waals surface area contributed by atoms with Crippen LogP contribution in [0, 0.1) is 10.1 Å². The first-order valence-corrected chi connectivity index (χ1v) is 8.09. The Hall–Kier alpha value is -2.15. The van der Waals surface area contributed by atoms with E-state index >= 15 is 0 Å². The average Bonchev–Trinajstić information content (AvgIpc) is 2.49. The van der Waals surface area contributed by atoms with Crippen molar-refractivity contribution in [1.82, 2.24) is 10.6 Å². The molecule has 24 heavy (non-hydrogen) atoms. The number of nitrogens with one attached hydrogen (secondary N) is 2. The molecule has 0 saturated carbocycles. The van der Waals surface area contributed by atoms with Gasteiger partial charge in [-0.15, -0.1) is 0 Å². The zero-order chi connectivity index (χ0) is 18.3. The van der Waals surface area contributed by atoms with E-state index < -0.39 is 16.6 Å². The molecule has 0 aliphatic carbocycles. The Balaban J connectivity index is 2.60. The smallest absolute Gasteiger partial charge is 0.407 e. The van der Waals surface area contributed by atoms with Crippen LogP contribution in [0.3, 0.4) is 0 Å². The van der Waals surface area contributed by atoms with Gasteiger partial charge in [-0.25, -0.2) is 4.79 Å². The number of non-ortho nitro benzene ring substituents is 1. The molecule has 0 heterocycles. The van der Waals surface area contributed by atoms with E-state index in [1.807, 2.05) is 40.7 Å². The monoisotopic (exact) mass is 337 g/mol. The van der Waals surface area contributed by atoms with Gasteiger partial charge in [-0.3, -0.25) is 10.1 Å². The molecule has 1 rings (SSSR count). The summed E-state index contributed by atoms with van der Waals surface area (Å²) in [5.74, 6) is 0. The molecule has 0 aromatic heterocycles. The lowest BCUT2D eigenvalue weighted by molar-refractivity contribution is -0.384. The molecule has 0 aliphatic heterocycles. The summed E-state index contributed by atoms with van der Waals surface area (Å²) < 4.78 is 5.19. The zero-order valence-corrected chi connectivity index (χ0v) is 15.0. The van der Waals surface area contributed by atoms with Crippen molar-refractivity contribution in [2.75, 3.05) is 6.54 Å². The van der Waals surface area contributed by atoms with Gasteiger partial charge < -0.3 is 15.4 Å². The van der Waals surface area contributed by atoms with E-state index in [0.29, 0.717) is 6.54 Å². The molecule has 7 nitrogen and oxygen atoms in total. The van der Waals surface area contributed by atoms with Gasteiger partial charge in [0.05, 0.1) is 4.92 Å². The molecule has 1 aromatic rings. The van der Waals surface area contributed by atoms with Gasteiger partial charge in [0.15, 0.2) is 0 Å². The number of nitro benzene ring substituents is 1. The van der Waals surface area contributed by atoms with Crippen LogP contribution in [0.2, 0.25) is 0 Å². The molecule has 1 aromatic carbocycles. The van der Waals surface area contributed by atoms with Gasteiger partial charge in [0.2, 0.25) is 0 Å². The quantitative estimate of drug-likeness (QED) is 0.586. The Morgan fingerprint density at radius 1 is 1.38 bits per heavy atom.